The van der Waals surface area contributed by atoms with Gasteiger partial charge in [-0.15, -0.1) is 0 Å². The Kier molecular flexibility index (Phi) is 7.33. The fraction of sp³-hybridized carbons (Fsp3) is 0.379. The third-order valence-corrected chi connectivity index (χ3v) is 7.42. The van der Waals surface area contributed by atoms with Crippen LogP contribution in [0.25, 0.3) is 21.9 Å². The van der Waals surface area contributed by atoms with Crippen LogP contribution >= 0.6 is 0 Å². The van der Waals surface area contributed by atoms with Crippen molar-refractivity contribution in [2.75, 3.05) is 32.0 Å². The van der Waals surface area contributed by atoms with Crippen LogP contribution in [0.15, 0.2) is 54.9 Å². The molecule has 1 atom stereocenters. The second-order valence-corrected chi connectivity index (χ2v) is 9.72. The zero-order chi connectivity index (χ0) is 25.8. The summed E-state index contributed by atoms with van der Waals surface area (Å²) in [6.45, 7) is 4.93. The van der Waals surface area contributed by atoms with Crippen LogP contribution in [0.2, 0.25) is 0 Å². The van der Waals surface area contributed by atoms with Gasteiger partial charge in [-0.1, -0.05) is 31.2 Å². The van der Waals surface area contributed by atoms with E-state index in [1.54, 1.807) is 24.3 Å². The normalized spacial score (nSPS) is 15.2. The number of nitrogen functional groups attached to an aromatic ring is 1. The number of para-hydroxylation sites is 1. The zero-order valence-corrected chi connectivity index (χ0v) is 21.1. The number of carbonyl (C=O) groups excluding carboxylic acids is 1. The first-order valence-electron chi connectivity index (χ1n) is 13.0. The number of amides is 1. The smallest absolute Gasteiger partial charge is 0.253 e. The van der Waals surface area contributed by atoms with Gasteiger partial charge < -0.3 is 19.9 Å². The fourth-order valence-electron chi connectivity index (χ4n) is 5.24. The maximum absolute atomic E-state index is 12.8. The summed E-state index contributed by atoms with van der Waals surface area (Å²) in [5.74, 6) is 0.998. The highest BCUT2D eigenvalue weighted by atomic mass is 16.5. The first kappa shape index (κ1) is 24.7. The standard InChI is InChI=1S/C29H32N6O2/c1-2-23(35-19-32-26-27(35)24-8-3-4-9-25(24)33-28(26)31)18-37-15-12-20-10-13-34(14-11-20)29(36)22-7-5-6-21(16-22)17-30/h3-9,16,19-20,23H,2,10-15,18H2,1H3,(H2,31,33). The number of nitriles is 1. The Morgan fingerprint density at radius 2 is 2.03 bits per heavy atom. The lowest BCUT2D eigenvalue weighted by Gasteiger charge is -2.32. The number of ether oxygens (including phenoxy) is 1. The molecule has 1 fully saturated rings. The topological polar surface area (TPSA) is 110 Å². The lowest BCUT2D eigenvalue weighted by Crippen LogP contribution is -2.38. The van der Waals surface area contributed by atoms with Crippen LogP contribution in [0.1, 0.15) is 54.6 Å². The van der Waals surface area contributed by atoms with Crippen LogP contribution in [-0.4, -0.2) is 51.6 Å². The zero-order valence-electron chi connectivity index (χ0n) is 21.1. The van der Waals surface area contributed by atoms with E-state index in [0.29, 0.717) is 36.1 Å². The number of piperidine rings is 1. The summed E-state index contributed by atoms with van der Waals surface area (Å²) in [6, 6.07) is 17.2. The van der Waals surface area contributed by atoms with Gasteiger partial charge >= 0.3 is 0 Å². The molecule has 0 aliphatic carbocycles. The maximum Gasteiger partial charge on any atom is 0.253 e. The molecule has 0 spiro atoms. The minimum Gasteiger partial charge on any atom is -0.382 e. The number of hydrogen-bond acceptors (Lipinski definition) is 6. The summed E-state index contributed by atoms with van der Waals surface area (Å²) >= 11 is 0. The van der Waals surface area contributed by atoms with Gasteiger partial charge in [-0.2, -0.15) is 5.26 Å². The van der Waals surface area contributed by atoms with Crippen LogP contribution in [0.3, 0.4) is 0 Å². The van der Waals surface area contributed by atoms with E-state index in [2.05, 4.69) is 33.6 Å². The minimum absolute atomic E-state index is 0.00788. The third-order valence-electron chi connectivity index (χ3n) is 7.42. The van der Waals surface area contributed by atoms with Crippen molar-refractivity contribution in [2.45, 2.75) is 38.6 Å². The summed E-state index contributed by atoms with van der Waals surface area (Å²) < 4.78 is 8.35. The highest BCUT2D eigenvalue weighted by Gasteiger charge is 2.24. The number of anilines is 1. The van der Waals surface area contributed by atoms with E-state index < -0.39 is 0 Å². The molecule has 1 aliphatic heterocycles. The van der Waals surface area contributed by atoms with Crippen molar-refractivity contribution in [2.24, 2.45) is 5.92 Å². The molecule has 4 aromatic rings. The van der Waals surface area contributed by atoms with Crippen LogP contribution < -0.4 is 5.73 Å². The SMILES string of the molecule is CCC(COCCC1CCN(C(=O)c2cccc(C#N)c2)CC1)n1cnc2c(N)nc3ccccc3c21. The third kappa shape index (κ3) is 5.13. The van der Waals surface area contributed by atoms with E-state index in [1.165, 1.54) is 0 Å². The molecule has 8 nitrogen and oxygen atoms in total. The van der Waals surface area contributed by atoms with Crippen molar-refractivity contribution in [3.63, 3.8) is 0 Å². The first-order chi connectivity index (χ1) is 18.1. The number of aromatic nitrogens is 3. The van der Waals surface area contributed by atoms with Crippen LogP contribution in [0.4, 0.5) is 5.82 Å². The Morgan fingerprint density at radius 3 is 2.81 bits per heavy atom. The van der Waals surface area contributed by atoms with Crippen molar-refractivity contribution in [3.05, 3.63) is 66.0 Å². The Bertz CT molecular complexity index is 1450. The predicted octanol–water partition coefficient (Wildman–Crippen LogP) is 4.95. The van der Waals surface area contributed by atoms with Gasteiger partial charge in [0.15, 0.2) is 5.82 Å². The van der Waals surface area contributed by atoms with Crippen molar-refractivity contribution < 1.29 is 9.53 Å². The highest BCUT2D eigenvalue weighted by molar-refractivity contribution is 6.06. The number of nitrogens with two attached hydrogens (primary N) is 1. The number of nitrogens with zero attached hydrogens (tertiary/aromatic N) is 5. The average Bonchev–Trinajstić information content (AvgIpc) is 3.39. The molecule has 0 radical (unpaired) electrons. The fourth-order valence-corrected chi connectivity index (χ4v) is 5.24. The quantitative estimate of drug-likeness (QED) is 0.346. The molecule has 0 bridgehead atoms. The summed E-state index contributed by atoms with van der Waals surface area (Å²) in [7, 11) is 0. The van der Waals surface area contributed by atoms with Gasteiger partial charge in [0.25, 0.3) is 5.91 Å². The number of imidazole rings is 1. The molecule has 5 rings (SSSR count). The summed E-state index contributed by atoms with van der Waals surface area (Å²) in [5, 5.41) is 10.1. The Morgan fingerprint density at radius 1 is 1.22 bits per heavy atom. The van der Waals surface area contributed by atoms with E-state index in [9.17, 15) is 4.79 Å². The lowest BCUT2D eigenvalue weighted by molar-refractivity contribution is 0.0620. The molecular weight excluding hydrogens is 464 g/mol. The highest BCUT2D eigenvalue weighted by Crippen LogP contribution is 2.30. The molecule has 37 heavy (non-hydrogen) atoms. The molecule has 0 saturated carbocycles. The molecule has 190 valence electrons. The molecule has 2 aromatic heterocycles. The van der Waals surface area contributed by atoms with Crippen molar-refractivity contribution >= 4 is 33.7 Å². The van der Waals surface area contributed by atoms with Crippen LogP contribution in [0.5, 0.6) is 0 Å². The monoisotopic (exact) mass is 496 g/mol. The summed E-state index contributed by atoms with van der Waals surface area (Å²) in [5.41, 5.74) is 9.91. The van der Waals surface area contributed by atoms with E-state index in [1.807, 2.05) is 29.4 Å². The number of fused-ring (bicyclic) bond motifs is 3. The summed E-state index contributed by atoms with van der Waals surface area (Å²) in [4.78, 5) is 23.8. The molecule has 1 unspecified atom stereocenters. The Balaban J connectivity index is 1.14. The molecule has 1 amide bonds. The van der Waals surface area contributed by atoms with Gasteiger partial charge in [0, 0.05) is 30.6 Å². The van der Waals surface area contributed by atoms with Crippen LogP contribution in [-0.2, 0) is 4.74 Å². The van der Waals surface area contributed by atoms with Gasteiger partial charge in [0.1, 0.15) is 5.52 Å². The van der Waals surface area contributed by atoms with E-state index >= 15 is 0 Å². The largest absolute Gasteiger partial charge is 0.382 e. The number of likely N-dealkylation sites (tertiary alicyclic amines) is 1. The number of rotatable bonds is 8. The van der Waals surface area contributed by atoms with Crippen molar-refractivity contribution in [1.29, 1.82) is 5.26 Å². The molecule has 1 saturated heterocycles. The molecular formula is C29H32N6O2. The minimum atomic E-state index is 0.00788. The van der Waals surface area contributed by atoms with Crippen LogP contribution in [0, 0.1) is 17.2 Å². The van der Waals surface area contributed by atoms with Gasteiger partial charge in [-0.25, -0.2) is 9.97 Å². The molecule has 8 heteroatoms. The second-order valence-electron chi connectivity index (χ2n) is 9.72. The molecule has 1 aliphatic rings. The van der Waals surface area contributed by atoms with Gasteiger partial charge in [0.2, 0.25) is 0 Å². The van der Waals surface area contributed by atoms with Crippen molar-refractivity contribution in [3.8, 4) is 6.07 Å². The second kappa shape index (κ2) is 11.0. The molecule has 3 heterocycles. The molecule has 2 aromatic carbocycles. The number of pyridine rings is 1. The summed E-state index contributed by atoms with van der Waals surface area (Å²) in [6.07, 6.45) is 5.68. The predicted molar refractivity (Wildman–Crippen MR) is 144 cm³/mol. The Labute approximate surface area is 216 Å². The van der Waals surface area contributed by atoms with E-state index in [0.717, 1.165) is 60.7 Å². The number of carbonyl (C=O) groups is 1. The number of benzene rings is 2. The van der Waals surface area contributed by atoms with Gasteiger partial charge in [0.05, 0.1) is 41.6 Å². The van der Waals surface area contributed by atoms with E-state index in [4.69, 9.17) is 15.7 Å². The number of hydrogen-bond donors (Lipinski definition) is 1. The van der Waals surface area contributed by atoms with Gasteiger partial charge in [-0.05, 0) is 55.9 Å². The lowest BCUT2D eigenvalue weighted by atomic mass is 9.93. The molecule has 2 N–H and O–H groups in total. The maximum atomic E-state index is 12.8. The first-order valence-corrected chi connectivity index (χ1v) is 13.0. The average molecular weight is 497 g/mol. The van der Waals surface area contributed by atoms with E-state index in [-0.39, 0.29) is 11.9 Å². The Hall–Kier alpha value is -3.96. The van der Waals surface area contributed by atoms with Gasteiger partial charge in [-0.3, -0.25) is 4.79 Å². The van der Waals surface area contributed by atoms with Crippen molar-refractivity contribution in [1.82, 2.24) is 19.4 Å².